The van der Waals surface area contributed by atoms with E-state index in [4.69, 9.17) is 14.2 Å². The number of hydrogen-bond donors (Lipinski definition) is 4. The van der Waals surface area contributed by atoms with Crippen molar-refractivity contribution in [3.8, 4) is 11.5 Å². The van der Waals surface area contributed by atoms with Crippen molar-refractivity contribution >= 4 is 53.1 Å². The average Bonchev–Trinajstić information content (AvgIpc) is 2.86. The Morgan fingerprint density at radius 2 is 1.67 bits per heavy atom. The molecule has 0 heterocycles. The van der Waals surface area contributed by atoms with E-state index < -0.39 is 42.8 Å². The van der Waals surface area contributed by atoms with E-state index in [9.17, 15) is 29.5 Å². The second-order valence-corrected chi connectivity index (χ2v) is 11.0. The Morgan fingerprint density at radius 3 is 2.21 bits per heavy atom. The van der Waals surface area contributed by atoms with Crippen LogP contribution in [0, 0.1) is 3.57 Å². The molecule has 0 bridgehead atoms. The van der Waals surface area contributed by atoms with Crippen LogP contribution < -0.4 is 15.5 Å². The molecular formula is C26H34BIN2O9. The molecule has 2 rings (SSSR count). The number of phenols is 1. The Hall–Kier alpha value is -3.04. The van der Waals surface area contributed by atoms with E-state index >= 15 is 0 Å². The largest absolute Gasteiger partial charge is 0.507 e. The maximum absolute atomic E-state index is 13.7. The number of halogens is 1. The van der Waals surface area contributed by atoms with Gasteiger partial charge in [-0.2, -0.15) is 0 Å². The Kier molecular flexibility index (Phi) is 11.4. The summed E-state index contributed by atoms with van der Waals surface area (Å²) in [6.07, 6.45) is -0.778. The topological polar surface area (TPSA) is 155 Å². The fraction of sp³-hybridized carbons (Fsp3) is 0.423. The number of benzene rings is 2. The smallest absolute Gasteiger partial charge is 0.492 e. The Morgan fingerprint density at radius 1 is 1.05 bits per heavy atom. The maximum Gasteiger partial charge on any atom is 0.492 e. The quantitative estimate of drug-likeness (QED) is 0.169. The molecule has 0 radical (unpaired) electrons. The van der Waals surface area contributed by atoms with E-state index in [1.54, 1.807) is 39.0 Å². The third-order valence-corrected chi connectivity index (χ3v) is 6.59. The van der Waals surface area contributed by atoms with Gasteiger partial charge in [0.25, 0.3) is 0 Å². The maximum atomic E-state index is 13.7. The van der Waals surface area contributed by atoms with E-state index in [-0.39, 0.29) is 29.8 Å². The molecular weight excluding hydrogens is 622 g/mol. The van der Waals surface area contributed by atoms with E-state index in [0.717, 1.165) is 0 Å². The third-order valence-electron chi connectivity index (χ3n) is 5.73. The summed E-state index contributed by atoms with van der Waals surface area (Å²) in [5, 5.41) is 31.9. The lowest BCUT2D eigenvalue weighted by Gasteiger charge is -2.31. The monoisotopic (exact) mass is 656 g/mol. The molecule has 0 aliphatic carbocycles. The second kappa shape index (κ2) is 13.9. The number of carbonyl (C=O) groups excluding carboxylic acids is 3. The van der Waals surface area contributed by atoms with E-state index in [1.807, 2.05) is 22.6 Å². The number of nitrogens with zero attached hydrogens (tertiary/aromatic N) is 1. The van der Waals surface area contributed by atoms with Gasteiger partial charge in [-0.15, -0.1) is 0 Å². The molecule has 2 atom stereocenters. The van der Waals surface area contributed by atoms with Crippen LogP contribution in [0.15, 0.2) is 36.4 Å². The summed E-state index contributed by atoms with van der Waals surface area (Å²) in [7, 11) is 2.18. The molecule has 0 spiro atoms. The van der Waals surface area contributed by atoms with Crippen LogP contribution in [0.25, 0.3) is 0 Å². The predicted octanol–water partition coefficient (Wildman–Crippen LogP) is 1.36. The summed E-state index contributed by atoms with van der Waals surface area (Å²) >= 11 is 1.96. The van der Waals surface area contributed by atoms with Crippen molar-refractivity contribution in [2.75, 3.05) is 21.3 Å². The number of nitrogens with one attached hydrogen (secondary N) is 1. The first-order valence-corrected chi connectivity index (χ1v) is 13.1. The fourth-order valence-electron chi connectivity index (χ4n) is 3.81. The first kappa shape index (κ1) is 32.2. The van der Waals surface area contributed by atoms with Gasteiger partial charge >= 0.3 is 19.2 Å². The minimum Gasteiger partial charge on any atom is -0.507 e. The summed E-state index contributed by atoms with van der Waals surface area (Å²) in [5.41, 5.74) is 0.458. The van der Waals surface area contributed by atoms with Gasteiger partial charge in [0.2, 0.25) is 5.91 Å². The van der Waals surface area contributed by atoms with Crippen molar-refractivity contribution in [2.45, 2.75) is 51.3 Å². The van der Waals surface area contributed by atoms with Crippen LogP contribution in [0.3, 0.4) is 0 Å². The molecule has 0 fully saturated rings. The molecule has 4 N–H and O–H groups in total. The molecule has 0 saturated heterocycles. The van der Waals surface area contributed by atoms with Crippen LogP contribution in [0.4, 0.5) is 4.79 Å². The number of amides is 2. The minimum atomic E-state index is -1.81. The van der Waals surface area contributed by atoms with Gasteiger partial charge in [0.1, 0.15) is 29.2 Å². The van der Waals surface area contributed by atoms with Crippen LogP contribution in [-0.2, 0) is 31.9 Å². The van der Waals surface area contributed by atoms with Gasteiger partial charge in [-0.05, 0) is 72.7 Å². The Bertz CT molecular complexity index is 1190. The highest BCUT2D eigenvalue weighted by Gasteiger charge is 2.34. The molecule has 0 saturated carbocycles. The molecule has 0 aliphatic heterocycles. The van der Waals surface area contributed by atoms with Crippen molar-refractivity contribution in [1.82, 2.24) is 10.2 Å². The summed E-state index contributed by atoms with van der Waals surface area (Å²) in [6.45, 7) is 5.08. The van der Waals surface area contributed by atoms with Gasteiger partial charge in [-0.1, -0.05) is 18.2 Å². The number of methoxy groups -OCH3 is 2. The highest BCUT2D eigenvalue weighted by molar-refractivity contribution is 14.1. The summed E-state index contributed by atoms with van der Waals surface area (Å²) in [4.78, 5) is 40.3. The Balaban J connectivity index is 2.40. The number of phenolic OH excluding ortho intramolecular Hbond substituents is 1. The van der Waals surface area contributed by atoms with Crippen LogP contribution in [0.5, 0.6) is 11.5 Å². The normalized spacial score (nSPS) is 12.6. The first-order valence-electron chi connectivity index (χ1n) is 12.0. The van der Waals surface area contributed by atoms with Gasteiger partial charge in [0, 0.05) is 25.4 Å². The minimum absolute atomic E-state index is 0.0190. The molecule has 13 heteroatoms. The molecule has 212 valence electrons. The number of likely N-dealkylation sites (N-methyl/N-ethyl adjacent to an activating group) is 1. The van der Waals surface area contributed by atoms with Crippen molar-refractivity contribution < 1.29 is 43.7 Å². The number of aromatic hydroxyl groups is 1. The number of esters is 1. The summed E-state index contributed by atoms with van der Waals surface area (Å²) in [6, 6.07) is 7.20. The molecule has 0 aromatic heterocycles. The highest BCUT2D eigenvalue weighted by Crippen LogP contribution is 2.22. The standard InChI is InChI=1S/C26H34BIN2O9/c1-26(2,3)39-25(34)29-19(13-16-7-9-21(31)18(28)12-16)23(32)30(4)20(24(33)38-6)14-15-8-10-22(37-5)17(11-15)27(35)36/h7-12,19-20,31,35-36H,13-14H2,1-6H3,(H,29,34)/t19-,20-/m0/s1. The molecule has 11 nitrogen and oxygen atoms in total. The lowest BCUT2D eigenvalue weighted by atomic mass is 9.78. The van der Waals surface area contributed by atoms with E-state index in [1.165, 1.54) is 44.4 Å². The van der Waals surface area contributed by atoms with Crippen LogP contribution in [0.1, 0.15) is 31.9 Å². The third kappa shape index (κ3) is 9.29. The summed E-state index contributed by atoms with van der Waals surface area (Å²) < 4.78 is 16.0. The molecule has 0 aliphatic rings. The van der Waals surface area contributed by atoms with E-state index in [2.05, 4.69) is 5.32 Å². The lowest BCUT2D eigenvalue weighted by molar-refractivity contribution is -0.152. The highest BCUT2D eigenvalue weighted by atomic mass is 127. The van der Waals surface area contributed by atoms with Gasteiger partial charge in [0.05, 0.1) is 17.8 Å². The van der Waals surface area contributed by atoms with Crippen LogP contribution >= 0.6 is 22.6 Å². The number of alkyl carbamates (subject to hydrolysis) is 1. The lowest BCUT2D eigenvalue weighted by Crippen LogP contribution is -2.54. The molecule has 2 aromatic rings. The van der Waals surface area contributed by atoms with Gasteiger partial charge in [-0.25, -0.2) is 9.59 Å². The Labute approximate surface area is 241 Å². The zero-order chi connectivity index (χ0) is 29.5. The molecule has 0 unspecified atom stereocenters. The zero-order valence-electron chi connectivity index (χ0n) is 22.7. The number of carbonyl (C=O) groups is 3. The van der Waals surface area contributed by atoms with Crippen molar-refractivity contribution in [3.05, 3.63) is 51.1 Å². The van der Waals surface area contributed by atoms with Gasteiger partial charge < -0.3 is 39.6 Å². The number of rotatable bonds is 10. The zero-order valence-corrected chi connectivity index (χ0v) is 24.9. The molecule has 2 amide bonds. The van der Waals surface area contributed by atoms with Crippen molar-refractivity contribution in [1.29, 1.82) is 0 Å². The summed E-state index contributed by atoms with van der Waals surface area (Å²) in [5.74, 6) is -0.965. The SMILES string of the molecule is COC(=O)[C@H](Cc1ccc(OC)c(B(O)O)c1)N(C)C(=O)[C@H](Cc1ccc(O)c(I)c1)NC(=O)OC(C)(C)C. The van der Waals surface area contributed by atoms with Gasteiger partial charge in [-0.3, -0.25) is 4.79 Å². The average molecular weight is 656 g/mol. The van der Waals surface area contributed by atoms with Crippen molar-refractivity contribution in [3.63, 3.8) is 0 Å². The molecule has 2 aromatic carbocycles. The fourth-order valence-corrected chi connectivity index (χ4v) is 4.39. The second-order valence-electron chi connectivity index (χ2n) is 9.83. The van der Waals surface area contributed by atoms with Crippen LogP contribution in [-0.4, -0.2) is 84.1 Å². The number of hydrogen-bond acceptors (Lipinski definition) is 9. The van der Waals surface area contributed by atoms with Crippen molar-refractivity contribution in [2.24, 2.45) is 0 Å². The molecule has 39 heavy (non-hydrogen) atoms. The van der Waals surface area contributed by atoms with E-state index in [0.29, 0.717) is 14.7 Å². The van der Waals surface area contributed by atoms with Crippen LogP contribution in [0.2, 0.25) is 0 Å². The van der Waals surface area contributed by atoms with Gasteiger partial charge in [0.15, 0.2) is 0 Å². The first-order chi connectivity index (χ1) is 18.2. The number of ether oxygens (including phenoxy) is 3. The predicted molar refractivity (Wildman–Crippen MR) is 153 cm³/mol.